The van der Waals surface area contributed by atoms with Gasteiger partial charge in [0.05, 0.1) is 10.0 Å². The molecule has 0 radical (unpaired) electrons. The second kappa shape index (κ2) is 6.19. The Morgan fingerprint density at radius 2 is 2.05 bits per heavy atom. The van der Waals surface area contributed by atoms with Crippen LogP contribution in [-0.2, 0) is 6.54 Å². The van der Waals surface area contributed by atoms with Gasteiger partial charge >= 0.3 is 0 Å². The first-order valence-electron chi connectivity index (χ1n) is 5.52. The number of aromatic nitrogens is 1. The molecule has 0 aliphatic carbocycles. The van der Waals surface area contributed by atoms with Gasteiger partial charge in [0, 0.05) is 24.4 Å². The van der Waals surface area contributed by atoms with Gasteiger partial charge < -0.3 is 10.1 Å². The second-order valence-corrected chi connectivity index (χ2v) is 4.61. The predicted molar refractivity (Wildman–Crippen MR) is 73.5 cm³/mol. The third-order valence-corrected chi connectivity index (χ3v) is 3.15. The number of ether oxygens (including phenoxy) is 1. The van der Waals surface area contributed by atoms with Crippen LogP contribution < -0.4 is 10.1 Å². The van der Waals surface area contributed by atoms with E-state index in [4.69, 9.17) is 27.9 Å². The molecule has 0 spiro atoms. The molecule has 6 heteroatoms. The molecule has 3 nitrogen and oxygen atoms in total. The summed E-state index contributed by atoms with van der Waals surface area (Å²) in [7, 11) is 1.74. The molecule has 1 N–H and O–H groups in total. The lowest BCUT2D eigenvalue weighted by Crippen LogP contribution is -2.08. The standard InChI is InChI=1S/C13H11Cl2FN2O/c1-17-7-8-4-5-18-13(12(8)16)19-9-2-3-10(14)11(15)6-9/h2-6,17H,7H2,1H3. The molecular weight excluding hydrogens is 290 g/mol. The zero-order valence-electron chi connectivity index (χ0n) is 10.1. The summed E-state index contributed by atoms with van der Waals surface area (Å²) in [5.74, 6) is -0.212. The summed E-state index contributed by atoms with van der Waals surface area (Å²) in [5.41, 5.74) is 0.479. The average Bonchev–Trinajstić information content (AvgIpc) is 2.39. The Morgan fingerprint density at radius 1 is 1.26 bits per heavy atom. The van der Waals surface area contributed by atoms with E-state index >= 15 is 0 Å². The highest BCUT2D eigenvalue weighted by atomic mass is 35.5. The van der Waals surface area contributed by atoms with Crippen molar-refractivity contribution in [2.24, 2.45) is 0 Å². The first-order chi connectivity index (χ1) is 9.11. The quantitative estimate of drug-likeness (QED) is 0.925. The molecule has 0 amide bonds. The van der Waals surface area contributed by atoms with Crippen LogP contribution in [0.25, 0.3) is 0 Å². The van der Waals surface area contributed by atoms with Gasteiger partial charge in [0.2, 0.25) is 0 Å². The van der Waals surface area contributed by atoms with Crippen LogP contribution in [0.1, 0.15) is 5.56 Å². The molecule has 0 bridgehead atoms. The highest BCUT2D eigenvalue weighted by Crippen LogP contribution is 2.30. The Labute approximate surface area is 120 Å². The highest BCUT2D eigenvalue weighted by molar-refractivity contribution is 6.42. The summed E-state index contributed by atoms with van der Waals surface area (Å²) < 4.78 is 19.4. The molecule has 2 rings (SSSR count). The maximum absolute atomic E-state index is 14.0. The van der Waals surface area contributed by atoms with Crippen molar-refractivity contribution in [2.45, 2.75) is 6.54 Å². The molecule has 0 atom stereocenters. The number of hydrogen-bond donors (Lipinski definition) is 1. The number of benzene rings is 1. The molecule has 1 aromatic heterocycles. The van der Waals surface area contributed by atoms with Crippen LogP contribution in [0.4, 0.5) is 4.39 Å². The monoisotopic (exact) mass is 300 g/mol. The Hall–Kier alpha value is -1.36. The lowest BCUT2D eigenvalue weighted by Gasteiger charge is -2.09. The zero-order valence-corrected chi connectivity index (χ0v) is 11.6. The van der Waals surface area contributed by atoms with E-state index in [1.807, 2.05) is 0 Å². The third-order valence-electron chi connectivity index (χ3n) is 2.41. The number of hydrogen-bond acceptors (Lipinski definition) is 3. The van der Waals surface area contributed by atoms with Crippen LogP contribution in [0.2, 0.25) is 10.0 Å². The van der Waals surface area contributed by atoms with Crippen molar-refractivity contribution in [3.63, 3.8) is 0 Å². The molecule has 0 saturated carbocycles. The Balaban J connectivity index is 2.27. The minimum Gasteiger partial charge on any atom is -0.436 e. The molecule has 0 fully saturated rings. The summed E-state index contributed by atoms with van der Waals surface area (Å²) in [6.07, 6.45) is 1.49. The smallest absolute Gasteiger partial charge is 0.256 e. The Kier molecular flexibility index (Phi) is 4.58. The number of pyridine rings is 1. The van der Waals surface area contributed by atoms with Crippen LogP contribution >= 0.6 is 23.2 Å². The van der Waals surface area contributed by atoms with Gasteiger partial charge in [0.15, 0.2) is 5.82 Å². The highest BCUT2D eigenvalue weighted by Gasteiger charge is 2.11. The first-order valence-corrected chi connectivity index (χ1v) is 6.28. The van der Waals surface area contributed by atoms with E-state index in [1.165, 1.54) is 12.3 Å². The average molecular weight is 301 g/mol. The SMILES string of the molecule is CNCc1ccnc(Oc2ccc(Cl)c(Cl)c2)c1F. The Morgan fingerprint density at radius 3 is 2.74 bits per heavy atom. The van der Waals surface area contributed by atoms with Crippen molar-refractivity contribution >= 4 is 23.2 Å². The van der Waals surface area contributed by atoms with E-state index in [1.54, 1.807) is 25.2 Å². The zero-order chi connectivity index (χ0) is 13.8. The molecule has 1 heterocycles. The largest absolute Gasteiger partial charge is 0.436 e. The number of nitrogens with one attached hydrogen (secondary N) is 1. The maximum atomic E-state index is 14.0. The van der Waals surface area contributed by atoms with E-state index in [9.17, 15) is 4.39 Å². The van der Waals surface area contributed by atoms with E-state index < -0.39 is 5.82 Å². The lowest BCUT2D eigenvalue weighted by atomic mass is 10.2. The van der Waals surface area contributed by atoms with Crippen LogP contribution in [-0.4, -0.2) is 12.0 Å². The number of nitrogens with zero attached hydrogens (tertiary/aromatic N) is 1. The fourth-order valence-electron chi connectivity index (χ4n) is 1.51. The van der Waals surface area contributed by atoms with Gasteiger partial charge in [0.25, 0.3) is 5.88 Å². The van der Waals surface area contributed by atoms with Gasteiger partial charge in [-0.3, -0.25) is 0 Å². The number of halogens is 3. The van der Waals surface area contributed by atoms with Crippen LogP contribution in [0.15, 0.2) is 30.5 Å². The summed E-state index contributed by atoms with van der Waals surface area (Å²) in [6.45, 7) is 0.395. The molecule has 2 aromatic rings. The number of rotatable bonds is 4. The van der Waals surface area contributed by atoms with Crippen molar-refractivity contribution in [1.82, 2.24) is 10.3 Å². The molecule has 19 heavy (non-hydrogen) atoms. The predicted octanol–water partition coefficient (Wildman–Crippen LogP) is 4.04. The summed E-state index contributed by atoms with van der Waals surface area (Å²) in [6, 6.07) is 6.28. The fraction of sp³-hybridized carbons (Fsp3) is 0.154. The van der Waals surface area contributed by atoms with Crippen molar-refractivity contribution in [1.29, 1.82) is 0 Å². The minimum atomic E-state index is -0.497. The topological polar surface area (TPSA) is 34.2 Å². The lowest BCUT2D eigenvalue weighted by molar-refractivity contribution is 0.418. The molecular formula is C13H11Cl2FN2O. The second-order valence-electron chi connectivity index (χ2n) is 3.80. The van der Waals surface area contributed by atoms with Gasteiger partial charge in [-0.25, -0.2) is 9.37 Å². The van der Waals surface area contributed by atoms with Gasteiger partial charge in [0.1, 0.15) is 5.75 Å². The van der Waals surface area contributed by atoms with Crippen molar-refractivity contribution < 1.29 is 9.13 Å². The van der Waals surface area contributed by atoms with E-state index in [-0.39, 0.29) is 5.88 Å². The van der Waals surface area contributed by atoms with E-state index in [0.717, 1.165) is 0 Å². The van der Waals surface area contributed by atoms with Gasteiger partial charge in [-0.2, -0.15) is 0 Å². The van der Waals surface area contributed by atoms with Crippen LogP contribution in [0, 0.1) is 5.82 Å². The minimum absolute atomic E-state index is 0.0915. The Bertz CT molecular complexity index is 593. The van der Waals surface area contributed by atoms with E-state index in [0.29, 0.717) is 27.9 Å². The van der Waals surface area contributed by atoms with Gasteiger partial charge in [-0.15, -0.1) is 0 Å². The van der Waals surface area contributed by atoms with Gasteiger partial charge in [-0.05, 0) is 25.2 Å². The normalized spacial score (nSPS) is 10.5. The maximum Gasteiger partial charge on any atom is 0.256 e. The van der Waals surface area contributed by atoms with Crippen molar-refractivity contribution in [2.75, 3.05) is 7.05 Å². The van der Waals surface area contributed by atoms with Crippen molar-refractivity contribution in [3.05, 3.63) is 51.9 Å². The summed E-state index contributed by atoms with van der Waals surface area (Å²) >= 11 is 11.7. The van der Waals surface area contributed by atoms with Crippen LogP contribution in [0.3, 0.4) is 0 Å². The van der Waals surface area contributed by atoms with Gasteiger partial charge in [-0.1, -0.05) is 23.2 Å². The summed E-state index contributed by atoms with van der Waals surface area (Å²) in [5, 5.41) is 3.62. The van der Waals surface area contributed by atoms with Crippen LogP contribution in [0.5, 0.6) is 11.6 Å². The molecule has 100 valence electrons. The molecule has 0 unspecified atom stereocenters. The third kappa shape index (κ3) is 3.35. The molecule has 0 saturated heterocycles. The fourth-order valence-corrected chi connectivity index (χ4v) is 1.80. The molecule has 0 aliphatic heterocycles. The van der Waals surface area contributed by atoms with Crippen molar-refractivity contribution in [3.8, 4) is 11.6 Å². The molecule has 0 aliphatic rings. The molecule has 1 aromatic carbocycles. The first kappa shape index (κ1) is 14.1. The van der Waals surface area contributed by atoms with E-state index in [2.05, 4.69) is 10.3 Å². The summed E-state index contributed by atoms with van der Waals surface area (Å²) in [4.78, 5) is 3.87.